The predicted octanol–water partition coefficient (Wildman–Crippen LogP) is 0.647. The lowest BCUT2D eigenvalue weighted by atomic mass is 10.1. The Bertz CT molecular complexity index is 660. The first-order valence-electron chi connectivity index (χ1n) is 5.22. The summed E-state index contributed by atoms with van der Waals surface area (Å²) in [4.78, 5) is 20.9. The van der Waals surface area contributed by atoms with E-state index in [-0.39, 0.29) is 6.54 Å². The Morgan fingerprint density at radius 1 is 1.40 bits per heavy atom. The van der Waals surface area contributed by atoms with Gasteiger partial charge in [0.2, 0.25) is 5.82 Å². The van der Waals surface area contributed by atoms with Gasteiger partial charge in [-0.25, -0.2) is 12.8 Å². The molecule has 20 heavy (non-hydrogen) atoms. The number of carbonyl (C=O) groups is 1. The third-order valence-corrected chi connectivity index (χ3v) is 3.20. The number of nitro groups is 1. The molecule has 0 unspecified atom stereocenters. The summed E-state index contributed by atoms with van der Waals surface area (Å²) in [6.45, 7) is -0.362. The number of benzene rings is 1. The minimum atomic E-state index is -3.35. The van der Waals surface area contributed by atoms with Gasteiger partial charge in [0.15, 0.2) is 0 Å². The van der Waals surface area contributed by atoms with Gasteiger partial charge in [0, 0.05) is 18.9 Å². The van der Waals surface area contributed by atoms with Crippen LogP contribution in [0.2, 0.25) is 0 Å². The van der Waals surface area contributed by atoms with Crippen LogP contribution in [0.4, 0.5) is 14.5 Å². The van der Waals surface area contributed by atoms with Crippen molar-refractivity contribution in [3.8, 4) is 0 Å². The van der Waals surface area contributed by atoms with Crippen molar-refractivity contribution >= 4 is 21.4 Å². The molecule has 0 saturated heterocycles. The van der Waals surface area contributed by atoms with E-state index in [0.29, 0.717) is 12.1 Å². The summed E-state index contributed by atoms with van der Waals surface area (Å²) in [5, 5.41) is 12.5. The smallest absolute Gasteiger partial charge is 0.305 e. The van der Waals surface area contributed by atoms with Gasteiger partial charge in [-0.2, -0.15) is 4.39 Å². The van der Waals surface area contributed by atoms with Gasteiger partial charge in [-0.05, 0) is 6.07 Å². The number of nitrogens with zero attached hydrogens (tertiary/aromatic N) is 1. The van der Waals surface area contributed by atoms with Gasteiger partial charge in [-0.1, -0.05) is 0 Å². The number of nitro benzene ring substituents is 1. The number of sulfone groups is 1. The highest BCUT2D eigenvalue weighted by Gasteiger charge is 2.26. The second-order valence-electron chi connectivity index (χ2n) is 3.90. The minimum Gasteiger partial charge on any atom is -0.351 e. The highest BCUT2D eigenvalue weighted by Crippen LogP contribution is 2.22. The number of rotatable bonds is 5. The lowest BCUT2D eigenvalue weighted by Gasteiger charge is -2.06. The van der Waals surface area contributed by atoms with E-state index in [2.05, 4.69) is 0 Å². The van der Waals surface area contributed by atoms with Crippen LogP contribution >= 0.6 is 0 Å². The van der Waals surface area contributed by atoms with E-state index in [1.807, 2.05) is 5.32 Å². The molecule has 1 rings (SSSR count). The van der Waals surface area contributed by atoms with Crippen molar-refractivity contribution in [1.29, 1.82) is 0 Å². The molecule has 1 N–H and O–H groups in total. The maximum absolute atomic E-state index is 13.6. The molecule has 1 amide bonds. The molecule has 10 heteroatoms. The Labute approximate surface area is 112 Å². The Kier molecular flexibility index (Phi) is 4.71. The molecule has 0 aliphatic rings. The molecule has 0 aliphatic heterocycles. The topological polar surface area (TPSA) is 106 Å². The van der Waals surface area contributed by atoms with Crippen LogP contribution in [0.1, 0.15) is 10.4 Å². The average molecular weight is 308 g/mol. The number of hydrogen-bond donors (Lipinski definition) is 1. The van der Waals surface area contributed by atoms with E-state index >= 15 is 0 Å². The van der Waals surface area contributed by atoms with Crippen LogP contribution in [0.3, 0.4) is 0 Å². The van der Waals surface area contributed by atoms with Gasteiger partial charge >= 0.3 is 5.69 Å². The second kappa shape index (κ2) is 5.90. The fourth-order valence-electron chi connectivity index (χ4n) is 1.33. The van der Waals surface area contributed by atoms with Crippen LogP contribution in [0, 0.1) is 21.7 Å². The number of hydrogen-bond acceptors (Lipinski definition) is 5. The van der Waals surface area contributed by atoms with Crippen molar-refractivity contribution in [1.82, 2.24) is 5.32 Å². The van der Waals surface area contributed by atoms with Crippen LogP contribution < -0.4 is 5.32 Å². The highest BCUT2D eigenvalue weighted by atomic mass is 32.2. The lowest BCUT2D eigenvalue weighted by molar-refractivity contribution is -0.387. The van der Waals surface area contributed by atoms with Crippen LogP contribution in [-0.4, -0.2) is 37.8 Å². The molecule has 0 aromatic heterocycles. The molecule has 1 aromatic rings. The van der Waals surface area contributed by atoms with Crippen molar-refractivity contribution < 1.29 is 26.9 Å². The van der Waals surface area contributed by atoms with E-state index in [4.69, 9.17) is 0 Å². The van der Waals surface area contributed by atoms with Crippen LogP contribution in [-0.2, 0) is 9.84 Å². The normalized spacial score (nSPS) is 11.2. The Morgan fingerprint density at radius 2 is 2.00 bits per heavy atom. The van der Waals surface area contributed by atoms with Crippen LogP contribution in [0.25, 0.3) is 0 Å². The summed E-state index contributed by atoms with van der Waals surface area (Å²) in [5.41, 5.74) is -2.16. The van der Waals surface area contributed by atoms with Gasteiger partial charge in [0.05, 0.1) is 10.7 Å². The van der Waals surface area contributed by atoms with Gasteiger partial charge in [0.25, 0.3) is 5.91 Å². The molecule has 0 heterocycles. The molecule has 7 nitrogen and oxygen atoms in total. The molecule has 0 bridgehead atoms. The van der Waals surface area contributed by atoms with Crippen molar-refractivity contribution in [2.45, 2.75) is 0 Å². The fraction of sp³-hybridized carbons (Fsp3) is 0.300. The van der Waals surface area contributed by atoms with E-state index in [9.17, 15) is 32.1 Å². The zero-order valence-electron chi connectivity index (χ0n) is 10.2. The summed E-state index contributed by atoms with van der Waals surface area (Å²) in [5.74, 6) is -4.55. The lowest BCUT2D eigenvalue weighted by Crippen LogP contribution is -2.30. The molecular weight excluding hydrogens is 298 g/mol. The maximum Gasteiger partial charge on any atom is 0.305 e. The molecule has 110 valence electrons. The monoisotopic (exact) mass is 308 g/mol. The van der Waals surface area contributed by atoms with Gasteiger partial charge in [0.1, 0.15) is 21.2 Å². The van der Waals surface area contributed by atoms with E-state index < -0.39 is 49.3 Å². The molecule has 1 aromatic carbocycles. The summed E-state index contributed by atoms with van der Waals surface area (Å²) < 4.78 is 48.7. The van der Waals surface area contributed by atoms with Crippen molar-refractivity contribution in [3.63, 3.8) is 0 Å². The van der Waals surface area contributed by atoms with E-state index in [1.165, 1.54) is 0 Å². The largest absolute Gasteiger partial charge is 0.351 e. The standard InChI is InChI=1S/C10H10F2N2O5S/c1-20(18,19)5-4-13-10(15)8-6(11)2-3-7(9(8)12)14(16)17/h2-3H,4-5H2,1H3,(H,13,15). The number of amides is 1. The van der Waals surface area contributed by atoms with Gasteiger partial charge in [-0.3, -0.25) is 14.9 Å². The average Bonchev–Trinajstić information content (AvgIpc) is 2.26. The van der Waals surface area contributed by atoms with Crippen molar-refractivity contribution in [3.05, 3.63) is 39.4 Å². The zero-order chi connectivity index (χ0) is 15.5. The number of halogens is 2. The quantitative estimate of drug-likeness (QED) is 0.635. The van der Waals surface area contributed by atoms with Crippen LogP contribution in [0.15, 0.2) is 12.1 Å². The summed E-state index contributed by atoms with van der Waals surface area (Å²) in [6.07, 6.45) is 0.924. The summed E-state index contributed by atoms with van der Waals surface area (Å²) >= 11 is 0. The van der Waals surface area contributed by atoms with Gasteiger partial charge in [-0.15, -0.1) is 0 Å². The second-order valence-corrected chi connectivity index (χ2v) is 6.16. The molecule has 0 radical (unpaired) electrons. The Morgan fingerprint density at radius 3 is 2.50 bits per heavy atom. The first-order chi connectivity index (χ1) is 9.13. The highest BCUT2D eigenvalue weighted by molar-refractivity contribution is 7.90. The summed E-state index contributed by atoms with van der Waals surface area (Å²) in [7, 11) is -3.35. The zero-order valence-corrected chi connectivity index (χ0v) is 11.0. The Hall–Kier alpha value is -2.10. The molecule has 0 spiro atoms. The van der Waals surface area contributed by atoms with Crippen LogP contribution in [0.5, 0.6) is 0 Å². The fourth-order valence-corrected chi connectivity index (χ4v) is 1.80. The van der Waals surface area contributed by atoms with E-state index in [1.54, 1.807) is 0 Å². The number of nitrogens with one attached hydrogen (secondary N) is 1. The number of carbonyl (C=O) groups excluding carboxylic acids is 1. The van der Waals surface area contributed by atoms with Crippen molar-refractivity contribution in [2.75, 3.05) is 18.6 Å². The first-order valence-corrected chi connectivity index (χ1v) is 7.28. The predicted molar refractivity (Wildman–Crippen MR) is 65.1 cm³/mol. The Balaban J connectivity index is 2.98. The first kappa shape index (κ1) is 16.0. The van der Waals surface area contributed by atoms with Crippen molar-refractivity contribution in [2.24, 2.45) is 0 Å². The van der Waals surface area contributed by atoms with Gasteiger partial charge < -0.3 is 5.32 Å². The third kappa shape index (κ3) is 3.95. The molecular formula is C10H10F2N2O5S. The maximum atomic E-state index is 13.6. The third-order valence-electron chi connectivity index (χ3n) is 2.25. The molecule has 0 atom stereocenters. The molecule has 0 saturated carbocycles. The molecule has 0 fully saturated rings. The molecule has 0 aliphatic carbocycles. The SMILES string of the molecule is CS(=O)(=O)CCNC(=O)c1c(F)ccc([N+](=O)[O-])c1F. The van der Waals surface area contributed by atoms with E-state index in [0.717, 1.165) is 6.26 Å². The summed E-state index contributed by atoms with van der Waals surface area (Å²) in [6, 6.07) is 1.19. The minimum absolute atomic E-state index is 0.362.